The number of phenols is 1. The maximum absolute atomic E-state index is 12.0. The number of benzene rings is 1. The predicted octanol–water partition coefficient (Wildman–Crippen LogP) is 6.97. The quantitative estimate of drug-likeness (QED) is 0.330. The Morgan fingerprint density at radius 1 is 0.931 bits per heavy atom. The fraction of sp³-hybridized carbons (Fsp3) is 0.731. The van der Waals surface area contributed by atoms with E-state index in [1.165, 1.54) is 56.9 Å². The van der Waals surface area contributed by atoms with Crippen LogP contribution >= 0.6 is 0 Å². The monoisotopic (exact) mass is 403 g/mol. The van der Waals surface area contributed by atoms with Crippen molar-refractivity contribution in [2.45, 2.75) is 117 Å². The second-order valence-corrected chi connectivity index (χ2v) is 9.59. The first-order chi connectivity index (χ1) is 13.8. The second-order valence-electron chi connectivity index (χ2n) is 9.59. The first-order valence-corrected chi connectivity index (χ1v) is 11.9. The molecule has 3 nitrogen and oxygen atoms in total. The van der Waals surface area contributed by atoms with Gasteiger partial charge in [0.05, 0.1) is 0 Å². The van der Waals surface area contributed by atoms with E-state index >= 15 is 0 Å². The first-order valence-electron chi connectivity index (χ1n) is 11.9. The van der Waals surface area contributed by atoms with Crippen molar-refractivity contribution in [2.75, 3.05) is 6.54 Å². The van der Waals surface area contributed by atoms with Gasteiger partial charge in [0.1, 0.15) is 5.75 Å². The molecule has 0 fully saturated rings. The maximum atomic E-state index is 12.0. The zero-order valence-corrected chi connectivity index (χ0v) is 19.7. The lowest BCUT2D eigenvalue weighted by Crippen LogP contribution is -2.24. The molecule has 0 saturated heterocycles. The van der Waals surface area contributed by atoms with E-state index in [0.717, 1.165) is 36.9 Å². The molecule has 1 amide bonds. The van der Waals surface area contributed by atoms with E-state index in [2.05, 4.69) is 45.1 Å². The molecule has 0 bridgehead atoms. The Hall–Kier alpha value is -1.51. The van der Waals surface area contributed by atoms with Crippen molar-refractivity contribution in [3.05, 3.63) is 28.8 Å². The van der Waals surface area contributed by atoms with Crippen LogP contribution in [0.5, 0.6) is 5.75 Å². The van der Waals surface area contributed by atoms with Crippen molar-refractivity contribution in [1.29, 1.82) is 0 Å². The van der Waals surface area contributed by atoms with E-state index < -0.39 is 0 Å². The van der Waals surface area contributed by atoms with Gasteiger partial charge < -0.3 is 10.4 Å². The van der Waals surface area contributed by atoms with Gasteiger partial charge in [-0.3, -0.25) is 4.79 Å². The van der Waals surface area contributed by atoms with Crippen LogP contribution in [0.25, 0.3) is 0 Å². The molecule has 0 unspecified atom stereocenters. The van der Waals surface area contributed by atoms with Crippen LogP contribution in [0.15, 0.2) is 12.1 Å². The number of unbranched alkanes of at least 4 members (excludes halogenated alkanes) is 8. The number of hydrogen-bond acceptors (Lipinski definition) is 2. The third-order valence-corrected chi connectivity index (χ3v) is 5.64. The molecule has 0 heterocycles. The summed E-state index contributed by atoms with van der Waals surface area (Å²) in [6.07, 6.45) is 14.0. The van der Waals surface area contributed by atoms with Crippen LogP contribution in [0, 0.1) is 6.92 Å². The van der Waals surface area contributed by atoms with Gasteiger partial charge in [-0.15, -0.1) is 0 Å². The number of carbonyl (C=O) groups excluding carboxylic acids is 1. The van der Waals surface area contributed by atoms with Crippen molar-refractivity contribution in [2.24, 2.45) is 0 Å². The Labute approximate surface area is 179 Å². The minimum atomic E-state index is -0.0748. The zero-order chi connectivity index (χ0) is 21.7. The molecule has 0 radical (unpaired) electrons. The SMILES string of the molecule is CCCCCCCCCCCC(=O)NCCCc1cc(C)c(O)c(C(C)(C)C)c1. The lowest BCUT2D eigenvalue weighted by molar-refractivity contribution is -0.121. The van der Waals surface area contributed by atoms with Crippen LogP contribution < -0.4 is 5.32 Å². The van der Waals surface area contributed by atoms with Gasteiger partial charge in [0, 0.05) is 13.0 Å². The topological polar surface area (TPSA) is 49.3 Å². The standard InChI is InChI=1S/C26H45NO2/c1-6-7-8-9-10-11-12-13-14-17-24(28)27-18-15-16-22-19-21(2)25(29)23(20-22)26(3,4)5/h19-20,29H,6-18H2,1-5H3,(H,27,28). The van der Waals surface area contributed by atoms with E-state index in [4.69, 9.17) is 0 Å². The highest BCUT2D eigenvalue weighted by Gasteiger charge is 2.20. The number of phenolic OH excluding ortho intramolecular Hbond substituents is 1. The van der Waals surface area contributed by atoms with Crippen LogP contribution in [0.1, 0.15) is 115 Å². The van der Waals surface area contributed by atoms with E-state index in [1.54, 1.807) is 0 Å². The minimum Gasteiger partial charge on any atom is -0.507 e. The predicted molar refractivity (Wildman–Crippen MR) is 125 cm³/mol. The summed E-state index contributed by atoms with van der Waals surface area (Å²) in [5.74, 6) is 0.598. The number of nitrogens with one attached hydrogen (secondary N) is 1. The Morgan fingerprint density at radius 2 is 1.52 bits per heavy atom. The fourth-order valence-electron chi connectivity index (χ4n) is 3.78. The lowest BCUT2D eigenvalue weighted by Gasteiger charge is -2.22. The van der Waals surface area contributed by atoms with Gasteiger partial charge in [0.25, 0.3) is 0 Å². The Bertz CT molecular complexity index is 601. The highest BCUT2D eigenvalue weighted by Crippen LogP contribution is 2.34. The normalized spacial score (nSPS) is 11.6. The molecule has 29 heavy (non-hydrogen) atoms. The van der Waals surface area contributed by atoms with Crippen LogP contribution in [0.4, 0.5) is 0 Å². The summed E-state index contributed by atoms with van der Waals surface area (Å²) in [7, 11) is 0. The maximum Gasteiger partial charge on any atom is 0.219 e. The van der Waals surface area contributed by atoms with Crippen LogP contribution in [0.2, 0.25) is 0 Å². The van der Waals surface area contributed by atoms with E-state index in [0.29, 0.717) is 12.2 Å². The molecular formula is C26H45NO2. The number of rotatable bonds is 14. The van der Waals surface area contributed by atoms with Crippen LogP contribution in [0.3, 0.4) is 0 Å². The Morgan fingerprint density at radius 3 is 2.10 bits per heavy atom. The number of carbonyl (C=O) groups is 1. The summed E-state index contributed by atoms with van der Waals surface area (Å²) >= 11 is 0. The Balaban J connectivity index is 2.17. The summed E-state index contributed by atoms with van der Waals surface area (Å²) in [5.41, 5.74) is 3.09. The average molecular weight is 404 g/mol. The molecule has 1 aromatic rings. The molecule has 0 saturated carbocycles. The highest BCUT2D eigenvalue weighted by atomic mass is 16.3. The van der Waals surface area contributed by atoms with Crippen LogP contribution in [-0.2, 0) is 16.6 Å². The first kappa shape index (κ1) is 25.5. The molecule has 0 atom stereocenters. The van der Waals surface area contributed by atoms with E-state index in [-0.39, 0.29) is 11.3 Å². The van der Waals surface area contributed by atoms with Gasteiger partial charge in [0.2, 0.25) is 5.91 Å². The summed E-state index contributed by atoms with van der Waals surface area (Å²) in [4.78, 5) is 12.0. The summed E-state index contributed by atoms with van der Waals surface area (Å²) < 4.78 is 0. The molecule has 0 aliphatic rings. The number of amides is 1. The second kappa shape index (κ2) is 13.7. The summed E-state index contributed by atoms with van der Waals surface area (Å²) in [6, 6.07) is 4.18. The fourth-order valence-corrected chi connectivity index (χ4v) is 3.78. The van der Waals surface area contributed by atoms with E-state index in [9.17, 15) is 9.90 Å². The number of aromatic hydroxyl groups is 1. The van der Waals surface area contributed by atoms with Gasteiger partial charge in [-0.25, -0.2) is 0 Å². The molecule has 0 aliphatic heterocycles. The van der Waals surface area contributed by atoms with Crippen molar-refractivity contribution in [1.82, 2.24) is 5.32 Å². The number of hydrogen-bond donors (Lipinski definition) is 2. The molecular weight excluding hydrogens is 358 g/mol. The van der Waals surface area contributed by atoms with Gasteiger partial charge in [-0.1, -0.05) is 91.2 Å². The third kappa shape index (κ3) is 10.7. The Kier molecular flexibility index (Phi) is 12.0. The average Bonchev–Trinajstić information content (AvgIpc) is 2.65. The molecule has 0 spiro atoms. The van der Waals surface area contributed by atoms with E-state index in [1.807, 2.05) is 6.92 Å². The van der Waals surface area contributed by atoms with Gasteiger partial charge in [-0.05, 0) is 48.3 Å². The van der Waals surface area contributed by atoms with Crippen molar-refractivity contribution >= 4 is 5.91 Å². The van der Waals surface area contributed by atoms with Crippen molar-refractivity contribution < 1.29 is 9.90 Å². The van der Waals surface area contributed by atoms with Gasteiger partial charge >= 0.3 is 0 Å². The smallest absolute Gasteiger partial charge is 0.219 e. The molecule has 2 N–H and O–H groups in total. The zero-order valence-electron chi connectivity index (χ0n) is 19.7. The minimum absolute atomic E-state index is 0.0748. The molecule has 166 valence electrons. The highest BCUT2D eigenvalue weighted by molar-refractivity contribution is 5.75. The summed E-state index contributed by atoms with van der Waals surface area (Å²) in [6.45, 7) is 11.3. The largest absolute Gasteiger partial charge is 0.507 e. The molecule has 0 aromatic heterocycles. The summed E-state index contributed by atoms with van der Waals surface area (Å²) in [5, 5.41) is 13.4. The van der Waals surface area contributed by atoms with Crippen molar-refractivity contribution in [3.63, 3.8) is 0 Å². The van der Waals surface area contributed by atoms with Crippen molar-refractivity contribution in [3.8, 4) is 5.75 Å². The number of aryl methyl sites for hydroxylation is 2. The third-order valence-electron chi connectivity index (χ3n) is 5.64. The molecule has 1 rings (SSSR count). The van der Waals surface area contributed by atoms with Crippen LogP contribution in [-0.4, -0.2) is 17.6 Å². The lowest BCUT2D eigenvalue weighted by atomic mass is 9.83. The molecule has 3 heteroatoms. The molecule has 0 aliphatic carbocycles. The molecule has 1 aromatic carbocycles. The van der Waals surface area contributed by atoms with Gasteiger partial charge in [0.15, 0.2) is 0 Å². The van der Waals surface area contributed by atoms with Gasteiger partial charge in [-0.2, -0.15) is 0 Å².